The van der Waals surface area contributed by atoms with Crippen LogP contribution in [-0.4, -0.2) is 87.5 Å². The Morgan fingerprint density at radius 2 is 0.714 bits per heavy atom. The van der Waals surface area contributed by atoms with Crippen LogP contribution in [0.5, 0.6) is 0 Å². The molecule has 0 aliphatic carbocycles. The summed E-state index contributed by atoms with van der Waals surface area (Å²) in [6, 6.07) is -0.713. The van der Waals surface area contributed by atoms with Gasteiger partial charge in [-0.1, -0.05) is 309 Å². The summed E-state index contributed by atoms with van der Waals surface area (Å²) < 4.78 is 11.3. The molecule has 7 atom stereocenters. The van der Waals surface area contributed by atoms with Crippen LogP contribution in [-0.2, 0) is 14.3 Å². The highest BCUT2D eigenvalue weighted by Gasteiger charge is 2.44. The van der Waals surface area contributed by atoms with Crippen molar-refractivity contribution in [3.63, 3.8) is 0 Å². The van der Waals surface area contributed by atoms with Crippen LogP contribution >= 0.6 is 0 Å². The molecule has 1 heterocycles. The minimum absolute atomic E-state index is 0.131. The van der Waals surface area contributed by atoms with Crippen molar-refractivity contribution in [3.8, 4) is 0 Å². The van der Waals surface area contributed by atoms with E-state index in [4.69, 9.17) is 9.47 Å². The van der Waals surface area contributed by atoms with E-state index < -0.39 is 49.5 Å². The number of hydrogen-bond donors (Lipinski definition) is 6. The monoisotopic (exact) mass is 996 g/mol. The van der Waals surface area contributed by atoms with E-state index in [1.165, 1.54) is 263 Å². The first-order chi connectivity index (χ1) is 34.3. The predicted octanol–water partition coefficient (Wildman–Crippen LogP) is 15.8. The average molecular weight is 997 g/mol. The fourth-order valence-electron chi connectivity index (χ4n) is 10.5. The fraction of sp³-hybridized carbons (Fsp3) is 0.984. The zero-order valence-electron chi connectivity index (χ0n) is 46.6. The van der Waals surface area contributed by atoms with Gasteiger partial charge in [-0.15, -0.1) is 0 Å². The first kappa shape index (κ1) is 67.2. The second-order valence-electron chi connectivity index (χ2n) is 22.2. The number of aliphatic hydroxyl groups excluding tert-OH is 5. The van der Waals surface area contributed by atoms with Gasteiger partial charge in [0.05, 0.1) is 25.4 Å². The minimum Gasteiger partial charge on any atom is -0.394 e. The highest BCUT2D eigenvalue weighted by atomic mass is 16.7. The highest BCUT2D eigenvalue weighted by molar-refractivity contribution is 5.76. The predicted molar refractivity (Wildman–Crippen MR) is 295 cm³/mol. The van der Waals surface area contributed by atoms with Crippen LogP contribution in [0.3, 0.4) is 0 Å². The van der Waals surface area contributed by atoms with Gasteiger partial charge in [0.25, 0.3) is 0 Å². The van der Waals surface area contributed by atoms with Crippen LogP contribution in [0.15, 0.2) is 0 Å². The molecule has 1 fully saturated rings. The summed E-state index contributed by atoms with van der Waals surface area (Å²) >= 11 is 0. The summed E-state index contributed by atoms with van der Waals surface area (Å²) in [5.74, 6) is -0.135. The molecule has 1 saturated heterocycles. The molecule has 2 unspecified atom stereocenters. The number of nitrogens with one attached hydrogen (secondary N) is 1. The summed E-state index contributed by atoms with van der Waals surface area (Å²) in [6.07, 6.45) is 55.8. The van der Waals surface area contributed by atoms with Crippen LogP contribution in [0.2, 0.25) is 0 Å². The molecule has 0 aromatic rings. The van der Waals surface area contributed by atoms with Crippen molar-refractivity contribution in [1.82, 2.24) is 5.32 Å². The van der Waals surface area contributed by atoms with E-state index in [9.17, 15) is 30.3 Å². The first-order valence-electron chi connectivity index (χ1n) is 31.2. The van der Waals surface area contributed by atoms with Gasteiger partial charge in [0.2, 0.25) is 5.91 Å². The molecular weight excluding hydrogens is 875 g/mol. The summed E-state index contributed by atoms with van der Waals surface area (Å²) in [5, 5.41) is 54.7. The van der Waals surface area contributed by atoms with E-state index >= 15 is 0 Å². The Labute approximate surface area is 434 Å². The van der Waals surface area contributed by atoms with Gasteiger partial charge in [0.1, 0.15) is 24.4 Å². The first-order valence-corrected chi connectivity index (χ1v) is 31.2. The van der Waals surface area contributed by atoms with Crippen molar-refractivity contribution >= 4 is 5.91 Å². The zero-order valence-corrected chi connectivity index (χ0v) is 46.6. The molecule has 1 aliphatic heterocycles. The molecular formula is C61H121NO8. The Hall–Kier alpha value is -0.810. The average Bonchev–Trinajstić information content (AvgIpc) is 3.36. The largest absolute Gasteiger partial charge is 0.394 e. The summed E-state index contributed by atoms with van der Waals surface area (Å²) in [6.45, 7) is 3.89. The molecule has 0 saturated carbocycles. The number of carbonyl (C=O) groups is 1. The summed E-state index contributed by atoms with van der Waals surface area (Å²) in [5.41, 5.74) is 0. The molecule has 6 N–H and O–H groups in total. The van der Waals surface area contributed by atoms with E-state index in [-0.39, 0.29) is 12.5 Å². The van der Waals surface area contributed by atoms with E-state index in [2.05, 4.69) is 19.2 Å². The van der Waals surface area contributed by atoms with Crippen molar-refractivity contribution in [3.05, 3.63) is 0 Å². The van der Waals surface area contributed by atoms with Crippen molar-refractivity contribution in [2.75, 3.05) is 13.2 Å². The van der Waals surface area contributed by atoms with E-state index in [1.54, 1.807) is 0 Å². The molecule has 418 valence electrons. The highest BCUT2D eigenvalue weighted by Crippen LogP contribution is 2.24. The quantitative estimate of drug-likeness (QED) is 0.0330. The van der Waals surface area contributed by atoms with E-state index in [0.717, 1.165) is 38.5 Å². The van der Waals surface area contributed by atoms with Gasteiger partial charge in [-0.2, -0.15) is 0 Å². The number of aliphatic hydroxyl groups is 5. The number of rotatable bonds is 55. The third-order valence-electron chi connectivity index (χ3n) is 15.5. The Morgan fingerprint density at radius 3 is 1.01 bits per heavy atom. The maximum absolute atomic E-state index is 13.1. The van der Waals surface area contributed by atoms with Crippen LogP contribution in [0.25, 0.3) is 0 Å². The lowest BCUT2D eigenvalue weighted by Crippen LogP contribution is -2.60. The van der Waals surface area contributed by atoms with Crippen molar-refractivity contribution < 1.29 is 39.8 Å². The second kappa shape index (κ2) is 51.7. The lowest BCUT2D eigenvalue weighted by Gasteiger charge is -2.40. The normalized spacial score (nSPS) is 19.2. The third kappa shape index (κ3) is 40.6. The number of ether oxygens (including phenoxy) is 2. The van der Waals surface area contributed by atoms with Gasteiger partial charge >= 0.3 is 0 Å². The van der Waals surface area contributed by atoms with Crippen LogP contribution in [0.1, 0.15) is 328 Å². The lowest BCUT2D eigenvalue weighted by molar-refractivity contribution is -0.302. The number of hydrogen-bond acceptors (Lipinski definition) is 8. The molecule has 0 aromatic carbocycles. The molecule has 1 rings (SSSR count). The Morgan fingerprint density at radius 1 is 0.429 bits per heavy atom. The Kier molecular flexibility index (Phi) is 49.6. The smallest absolute Gasteiger partial charge is 0.220 e. The maximum atomic E-state index is 13.1. The Bertz CT molecular complexity index is 1060. The molecule has 9 heteroatoms. The third-order valence-corrected chi connectivity index (χ3v) is 15.5. The number of carbonyl (C=O) groups excluding carboxylic acids is 1. The van der Waals surface area contributed by atoms with Gasteiger partial charge in [-0.05, 0) is 12.8 Å². The van der Waals surface area contributed by atoms with Crippen LogP contribution in [0.4, 0.5) is 0 Å². The van der Waals surface area contributed by atoms with Crippen LogP contribution < -0.4 is 5.32 Å². The SMILES string of the molecule is CCCCCCCCCCCCCCCCCCCCCCCCCCCCCCCCCC(=O)N[C@@H](CO[C@@H]1O[C@H](CO)[C@@H](O)C(O)C1O)[C@H](O)CCCCCCCCCCCCCCCCCC. The Balaban J connectivity index is 2.09. The van der Waals surface area contributed by atoms with E-state index in [1.807, 2.05) is 0 Å². The summed E-state index contributed by atoms with van der Waals surface area (Å²) in [4.78, 5) is 13.1. The zero-order chi connectivity index (χ0) is 50.8. The molecule has 9 nitrogen and oxygen atoms in total. The summed E-state index contributed by atoms with van der Waals surface area (Å²) in [7, 11) is 0. The van der Waals surface area contributed by atoms with Crippen molar-refractivity contribution in [2.24, 2.45) is 0 Å². The number of amides is 1. The second-order valence-corrected chi connectivity index (χ2v) is 22.2. The minimum atomic E-state index is -1.55. The van der Waals surface area contributed by atoms with Gasteiger partial charge in [-0.25, -0.2) is 0 Å². The fourth-order valence-corrected chi connectivity index (χ4v) is 10.5. The topological polar surface area (TPSA) is 149 Å². The molecule has 0 spiro atoms. The molecule has 70 heavy (non-hydrogen) atoms. The standard InChI is InChI=1S/C61H121NO8/c1-3-5-7-9-11-13-15-17-19-21-22-23-24-25-26-27-28-29-30-31-32-33-34-35-37-39-41-43-45-47-49-51-57(65)62-54(53-69-61-60(68)59(67)58(66)56(52-63)70-61)55(64)50-48-46-44-42-40-38-36-20-18-16-14-12-10-8-6-4-2/h54-56,58-61,63-64,66-68H,3-53H2,1-2H3,(H,62,65)/t54-,55+,56+,58+,59?,60?,61+/m0/s1. The van der Waals surface area contributed by atoms with Gasteiger partial charge < -0.3 is 40.3 Å². The van der Waals surface area contributed by atoms with Gasteiger partial charge in [0, 0.05) is 6.42 Å². The molecule has 1 amide bonds. The molecule has 0 aromatic heterocycles. The van der Waals surface area contributed by atoms with Crippen molar-refractivity contribution in [2.45, 2.75) is 371 Å². The molecule has 0 radical (unpaired) electrons. The maximum Gasteiger partial charge on any atom is 0.220 e. The molecule has 1 aliphatic rings. The van der Waals surface area contributed by atoms with Crippen LogP contribution in [0, 0.1) is 0 Å². The number of unbranched alkanes of at least 4 members (excludes halogenated alkanes) is 45. The van der Waals surface area contributed by atoms with E-state index in [0.29, 0.717) is 12.8 Å². The van der Waals surface area contributed by atoms with Gasteiger partial charge in [0.15, 0.2) is 6.29 Å². The van der Waals surface area contributed by atoms with Crippen molar-refractivity contribution in [1.29, 1.82) is 0 Å². The van der Waals surface area contributed by atoms with Gasteiger partial charge in [-0.3, -0.25) is 4.79 Å². The molecule has 0 bridgehead atoms. The lowest BCUT2D eigenvalue weighted by atomic mass is 9.99.